The number of carbonyl (C=O) groups excluding carboxylic acids is 1. The molecule has 2 heterocycles. The first-order valence-corrected chi connectivity index (χ1v) is 9.68. The van der Waals surface area contributed by atoms with Gasteiger partial charge in [0.1, 0.15) is 5.69 Å². The molecule has 2 aliphatic rings. The summed E-state index contributed by atoms with van der Waals surface area (Å²) in [5, 5.41) is 8.43. The average Bonchev–Trinajstić information content (AvgIpc) is 3.25. The number of H-pyrrole nitrogens is 1. The van der Waals surface area contributed by atoms with Crippen LogP contribution in [0.25, 0.3) is 10.9 Å². The van der Waals surface area contributed by atoms with Gasteiger partial charge in [0.05, 0.1) is 6.20 Å². The molecule has 1 fully saturated rings. The van der Waals surface area contributed by atoms with Crippen LogP contribution in [-0.4, -0.2) is 37.7 Å². The van der Waals surface area contributed by atoms with E-state index < -0.39 is 0 Å². The summed E-state index contributed by atoms with van der Waals surface area (Å²) in [5.74, 6) is 0.197. The molecule has 2 aliphatic carbocycles. The number of nitrogens with one attached hydrogen (secondary N) is 1. The van der Waals surface area contributed by atoms with E-state index >= 15 is 0 Å². The van der Waals surface area contributed by atoms with Gasteiger partial charge in [0.25, 0.3) is 5.91 Å². The lowest BCUT2D eigenvalue weighted by Gasteiger charge is -2.34. The molecular weight excluding hydrogens is 324 g/mol. The van der Waals surface area contributed by atoms with E-state index in [9.17, 15) is 4.79 Å². The van der Waals surface area contributed by atoms with Gasteiger partial charge in [-0.3, -0.25) is 9.89 Å². The number of fused-ring (bicyclic) bond motifs is 2. The topological polar surface area (TPSA) is 53.9 Å². The van der Waals surface area contributed by atoms with E-state index in [2.05, 4.69) is 44.8 Å². The number of benzene rings is 1. The molecule has 1 unspecified atom stereocenters. The summed E-state index contributed by atoms with van der Waals surface area (Å²) in [6.07, 6.45) is 7.11. The summed E-state index contributed by atoms with van der Waals surface area (Å²) in [6, 6.07) is 11.0. The zero-order valence-electron chi connectivity index (χ0n) is 15.1. The van der Waals surface area contributed by atoms with Gasteiger partial charge in [0.15, 0.2) is 0 Å². The minimum Gasteiger partial charge on any atom is -0.337 e. The van der Waals surface area contributed by atoms with Crippen molar-refractivity contribution in [2.24, 2.45) is 0 Å². The Morgan fingerprint density at radius 2 is 2.12 bits per heavy atom. The van der Waals surface area contributed by atoms with Crippen LogP contribution in [0.15, 0.2) is 36.5 Å². The lowest BCUT2D eigenvalue weighted by atomic mass is 9.92. The fourth-order valence-corrected chi connectivity index (χ4v) is 4.48. The Bertz CT molecular complexity index is 965. The number of carbonyl (C=O) groups is 1. The van der Waals surface area contributed by atoms with Crippen molar-refractivity contribution in [3.05, 3.63) is 53.5 Å². The van der Waals surface area contributed by atoms with Crippen molar-refractivity contribution in [3.8, 4) is 0 Å². The highest BCUT2D eigenvalue weighted by molar-refractivity contribution is 5.99. The first kappa shape index (κ1) is 15.7. The number of para-hydroxylation sites is 1. The second-order valence-electron chi connectivity index (χ2n) is 7.55. The summed E-state index contributed by atoms with van der Waals surface area (Å²) < 4.78 is 2.17. The predicted molar refractivity (Wildman–Crippen MR) is 101 cm³/mol. The number of aryl methyl sites for hydroxylation is 2. The van der Waals surface area contributed by atoms with Gasteiger partial charge < -0.3 is 9.47 Å². The van der Waals surface area contributed by atoms with E-state index in [0.717, 1.165) is 55.2 Å². The van der Waals surface area contributed by atoms with Gasteiger partial charge in [0, 0.05) is 35.2 Å². The number of nitrogens with zero attached hydrogens (tertiary/aromatic N) is 3. The van der Waals surface area contributed by atoms with Crippen molar-refractivity contribution in [1.82, 2.24) is 19.7 Å². The summed E-state index contributed by atoms with van der Waals surface area (Å²) >= 11 is 0. The Kier molecular flexibility index (Phi) is 3.62. The van der Waals surface area contributed by atoms with Crippen LogP contribution in [0.5, 0.6) is 0 Å². The Labute approximate surface area is 153 Å². The minimum atomic E-state index is 0.197. The van der Waals surface area contributed by atoms with Crippen LogP contribution >= 0.6 is 0 Å². The molecule has 1 N–H and O–H groups in total. The molecule has 26 heavy (non-hydrogen) atoms. The summed E-state index contributed by atoms with van der Waals surface area (Å²) in [4.78, 5) is 15.8. The molecule has 0 saturated heterocycles. The molecule has 0 aliphatic heterocycles. The molecule has 5 heteroatoms. The fraction of sp³-hybridized carbons (Fsp3) is 0.429. The molecule has 3 aromatic rings. The van der Waals surface area contributed by atoms with Crippen LogP contribution in [0.3, 0.4) is 0 Å². The first-order valence-electron chi connectivity index (χ1n) is 9.68. The van der Waals surface area contributed by atoms with Crippen molar-refractivity contribution in [3.63, 3.8) is 0 Å². The zero-order valence-corrected chi connectivity index (χ0v) is 15.1. The second kappa shape index (κ2) is 6.01. The zero-order chi connectivity index (χ0) is 17.7. The maximum atomic E-state index is 13.6. The summed E-state index contributed by atoms with van der Waals surface area (Å²) in [5.41, 5.74) is 4.50. The molecule has 1 saturated carbocycles. The molecule has 0 bridgehead atoms. The van der Waals surface area contributed by atoms with Gasteiger partial charge >= 0.3 is 0 Å². The summed E-state index contributed by atoms with van der Waals surface area (Å²) in [7, 11) is 0. The molecule has 0 radical (unpaired) electrons. The van der Waals surface area contributed by atoms with Gasteiger partial charge in [-0.1, -0.05) is 18.2 Å². The number of rotatable bonds is 4. The first-order chi connectivity index (χ1) is 12.8. The maximum Gasteiger partial charge on any atom is 0.271 e. The molecule has 5 nitrogen and oxygen atoms in total. The van der Waals surface area contributed by atoms with E-state index in [1.165, 1.54) is 11.3 Å². The van der Waals surface area contributed by atoms with Gasteiger partial charge in [-0.05, 0) is 56.7 Å². The number of aromatic amines is 1. The Hall–Kier alpha value is -2.56. The lowest BCUT2D eigenvalue weighted by Crippen LogP contribution is -2.45. The van der Waals surface area contributed by atoms with Gasteiger partial charge in [-0.15, -0.1) is 0 Å². The summed E-state index contributed by atoms with van der Waals surface area (Å²) in [6.45, 7) is 2.92. The number of amides is 1. The number of hydrogen-bond acceptors (Lipinski definition) is 2. The Morgan fingerprint density at radius 3 is 2.92 bits per heavy atom. The standard InChI is InChI=1S/C21H24N4O/c1-2-24-19-6-4-3-5-14(19)12-20(24)21(26)25(16-7-8-16)17-9-10-18-15(11-17)13-22-23-18/h3-6,12-13,16-17H,2,7-11H2,1H3,(H,22,23). The maximum absolute atomic E-state index is 13.6. The number of aromatic nitrogens is 3. The van der Waals surface area contributed by atoms with E-state index in [1.807, 2.05) is 18.3 Å². The molecule has 1 aromatic carbocycles. The molecule has 0 spiro atoms. The van der Waals surface area contributed by atoms with Crippen molar-refractivity contribution < 1.29 is 4.79 Å². The third-order valence-corrected chi connectivity index (χ3v) is 5.90. The van der Waals surface area contributed by atoms with Crippen LogP contribution in [0.4, 0.5) is 0 Å². The molecule has 1 atom stereocenters. The van der Waals surface area contributed by atoms with Gasteiger partial charge in [-0.2, -0.15) is 5.10 Å². The third-order valence-electron chi connectivity index (χ3n) is 5.90. The van der Waals surface area contributed by atoms with Crippen LogP contribution in [0.2, 0.25) is 0 Å². The van der Waals surface area contributed by atoms with E-state index in [0.29, 0.717) is 6.04 Å². The Balaban J connectivity index is 1.51. The molecule has 2 aromatic heterocycles. The van der Waals surface area contributed by atoms with Gasteiger partial charge in [0.2, 0.25) is 0 Å². The SMILES string of the molecule is CCn1c(C(=O)N(C2CC2)C2CCc3[nH]ncc3C2)cc2ccccc21. The fourth-order valence-electron chi connectivity index (χ4n) is 4.48. The predicted octanol–water partition coefficient (Wildman–Crippen LogP) is 3.55. The lowest BCUT2D eigenvalue weighted by molar-refractivity contribution is 0.0632. The molecule has 5 rings (SSSR count). The largest absolute Gasteiger partial charge is 0.337 e. The average molecular weight is 348 g/mol. The van der Waals surface area contributed by atoms with Crippen LogP contribution in [0.1, 0.15) is 47.9 Å². The second-order valence-corrected chi connectivity index (χ2v) is 7.55. The van der Waals surface area contributed by atoms with Crippen molar-refractivity contribution >= 4 is 16.8 Å². The monoisotopic (exact) mass is 348 g/mol. The molecule has 134 valence electrons. The van der Waals surface area contributed by atoms with Crippen molar-refractivity contribution in [2.75, 3.05) is 0 Å². The third kappa shape index (κ3) is 2.45. The van der Waals surface area contributed by atoms with Gasteiger partial charge in [-0.25, -0.2) is 0 Å². The molecular formula is C21H24N4O. The van der Waals surface area contributed by atoms with E-state index in [-0.39, 0.29) is 11.9 Å². The van der Waals surface area contributed by atoms with Crippen molar-refractivity contribution in [1.29, 1.82) is 0 Å². The smallest absolute Gasteiger partial charge is 0.271 e. The minimum absolute atomic E-state index is 0.197. The molecule has 1 amide bonds. The van der Waals surface area contributed by atoms with Crippen LogP contribution < -0.4 is 0 Å². The van der Waals surface area contributed by atoms with E-state index in [1.54, 1.807) is 0 Å². The highest BCUT2D eigenvalue weighted by Gasteiger charge is 2.40. The Morgan fingerprint density at radius 1 is 1.27 bits per heavy atom. The van der Waals surface area contributed by atoms with Crippen molar-refractivity contribution in [2.45, 2.75) is 57.7 Å². The van der Waals surface area contributed by atoms with Crippen LogP contribution in [-0.2, 0) is 19.4 Å². The highest BCUT2D eigenvalue weighted by Crippen LogP contribution is 2.35. The highest BCUT2D eigenvalue weighted by atomic mass is 16.2. The van der Waals surface area contributed by atoms with Crippen LogP contribution in [0, 0.1) is 0 Å². The number of hydrogen-bond donors (Lipinski definition) is 1. The van der Waals surface area contributed by atoms with E-state index in [4.69, 9.17) is 0 Å². The normalized spacial score (nSPS) is 19.5. The quantitative estimate of drug-likeness (QED) is 0.784.